The third kappa shape index (κ3) is 3.19. The summed E-state index contributed by atoms with van der Waals surface area (Å²) in [6.07, 6.45) is 1.93. The van der Waals surface area contributed by atoms with E-state index in [0.29, 0.717) is 23.9 Å². The molecule has 34 heavy (non-hydrogen) atoms. The Balaban J connectivity index is 1.83. The standard InChI is InChI=1S/C28H27N3O3/c1-17-22-14-13-21-25(28(22,15-18(16-29)24(17)32)19-9-5-4-6-10-19)30-26(31-27(21)34-3)20-11-7-8-12-23(20)33-2/h4-12,17-18,22H,13-15H2,1-3H3/t17-,18?,22-,28+/m0/s1. The van der Waals surface area contributed by atoms with E-state index in [1.807, 2.05) is 49.4 Å². The molecule has 6 nitrogen and oxygen atoms in total. The van der Waals surface area contributed by atoms with Gasteiger partial charge in [-0.05, 0) is 42.9 Å². The number of methoxy groups -OCH3 is 2. The van der Waals surface area contributed by atoms with Gasteiger partial charge in [0.25, 0.3) is 0 Å². The van der Waals surface area contributed by atoms with E-state index in [-0.39, 0.29) is 17.6 Å². The maximum atomic E-state index is 13.1. The fraction of sp³-hybridized carbons (Fsp3) is 0.357. The van der Waals surface area contributed by atoms with Crippen molar-refractivity contribution >= 4 is 5.78 Å². The molecule has 172 valence electrons. The molecule has 1 aromatic heterocycles. The number of hydrogen-bond donors (Lipinski definition) is 0. The summed E-state index contributed by atoms with van der Waals surface area (Å²) in [5.74, 6) is 0.862. The highest BCUT2D eigenvalue weighted by Crippen LogP contribution is 2.57. The third-order valence-corrected chi connectivity index (χ3v) is 7.64. The Morgan fingerprint density at radius 1 is 1.03 bits per heavy atom. The van der Waals surface area contributed by atoms with Gasteiger partial charge in [0.05, 0.1) is 31.5 Å². The summed E-state index contributed by atoms with van der Waals surface area (Å²) >= 11 is 0. The molecule has 0 aliphatic heterocycles. The summed E-state index contributed by atoms with van der Waals surface area (Å²) in [4.78, 5) is 23.0. The minimum absolute atomic E-state index is 0.0321. The smallest absolute Gasteiger partial charge is 0.220 e. The number of hydrogen-bond acceptors (Lipinski definition) is 6. The quantitative estimate of drug-likeness (QED) is 0.566. The summed E-state index contributed by atoms with van der Waals surface area (Å²) in [6.45, 7) is 1.97. The number of para-hydroxylation sites is 1. The number of nitriles is 1. The number of Topliss-reactive ketones (excluding diaryl/α,β-unsaturated/α-hetero) is 1. The molecule has 3 aromatic rings. The molecule has 1 saturated carbocycles. The zero-order valence-electron chi connectivity index (χ0n) is 19.6. The van der Waals surface area contributed by atoms with Gasteiger partial charge in [0, 0.05) is 16.9 Å². The molecule has 2 aliphatic rings. The van der Waals surface area contributed by atoms with E-state index in [1.54, 1.807) is 14.2 Å². The second-order valence-electron chi connectivity index (χ2n) is 9.14. The molecule has 4 atom stereocenters. The minimum Gasteiger partial charge on any atom is -0.496 e. The summed E-state index contributed by atoms with van der Waals surface area (Å²) in [6, 6.07) is 20.1. The van der Waals surface area contributed by atoms with E-state index in [4.69, 9.17) is 19.4 Å². The van der Waals surface area contributed by atoms with Crippen LogP contribution in [0.25, 0.3) is 11.4 Å². The lowest BCUT2D eigenvalue weighted by molar-refractivity contribution is -0.131. The SMILES string of the molecule is COc1ccccc1-c1nc(OC)c2c(n1)[C@@]1(c3ccccc3)CC(C#N)C(=O)[C@@H](C)[C@@H]1CC2. The van der Waals surface area contributed by atoms with Gasteiger partial charge in [0.2, 0.25) is 5.88 Å². The second kappa shape index (κ2) is 8.57. The molecule has 2 aliphatic carbocycles. The average Bonchev–Trinajstić information content (AvgIpc) is 2.90. The summed E-state index contributed by atoms with van der Waals surface area (Å²) in [5.41, 5.74) is 3.08. The van der Waals surface area contributed by atoms with Gasteiger partial charge in [-0.1, -0.05) is 49.4 Å². The lowest BCUT2D eigenvalue weighted by Crippen LogP contribution is -2.53. The molecule has 0 N–H and O–H groups in total. The number of carbonyl (C=O) groups is 1. The van der Waals surface area contributed by atoms with Crippen LogP contribution in [0.5, 0.6) is 11.6 Å². The number of aromatic nitrogens is 2. The van der Waals surface area contributed by atoms with Gasteiger partial charge in [-0.25, -0.2) is 4.98 Å². The largest absolute Gasteiger partial charge is 0.496 e. The van der Waals surface area contributed by atoms with Crippen LogP contribution in [-0.2, 0) is 16.6 Å². The van der Waals surface area contributed by atoms with Crippen molar-refractivity contribution in [2.75, 3.05) is 14.2 Å². The molecule has 5 rings (SSSR count). The van der Waals surface area contributed by atoms with Gasteiger partial charge in [-0.2, -0.15) is 10.2 Å². The highest BCUT2D eigenvalue weighted by Gasteiger charge is 2.56. The van der Waals surface area contributed by atoms with Crippen molar-refractivity contribution in [3.8, 4) is 29.1 Å². The Labute approximate surface area is 199 Å². The molecule has 1 unspecified atom stereocenters. The van der Waals surface area contributed by atoms with E-state index in [0.717, 1.165) is 35.2 Å². The van der Waals surface area contributed by atoms with E-state index in [1.165, 1.54) is 0 Å². The summed E-state index contributed by atoms with van der Waals surface area (Å²) in [7, 11) is 3.25. The van der Waals surface area contributed by atoms with Gasteiger partial charge in [-0.3, -0.25) is 4.79 Å². The van der Waals surface area contributed by atoms with Crippen LogP contribution >= 0.6 is 0 Å². The van der Waals surface area contributed by atoms with E-state index < -0.39 is 11.3 Å². The first-order chi connectivity index (χ1) is 16.5. The molecule has 0 bridgehead atoms. The molecular weight excluding hydrogens is 426 g/mol. The van der Waals surface area contributed by atoms with Gasteiger partial charge in [-0.15, -0.1) is 0 Å². The fourth-order valence-corrected chi connectivity index (χ4v) is 6.07. The number of ketones is 1. The van der Waals surface area contributed by atoms with Gasteiger partial charge < -0.3 is 9.47 Å². The van der Waals surface area contributed by atoms with Crippen LogP contribution in [0.1, 0.15) is 36.6 Å². The van der Waals surface area contributed by atoms with Gasteiger partial charge in [0.1, 0.15) is 11.7 Å². The average molecular weight is 454 g/mol. The van der Waals surface area contributed by atoms with Gasteiger partial charge in [0.15, 0.2) is 11.6 Å². The van der Waals surface area contributed by atoms with Crippen LogP contribution in [0.3, 0.4) is 0 Å². The number of rotatable bonds is 4. The predicted octanol–water partition coefficient (Wildman–Crippen LogP) is 4.76. The number of fused-ring (bicyclic) bond motifs is 3. The molecule has 6 heteroatoms. The van der Waals surface area contributed by atoms with Crippen molar-refractivity contribution in [1.82, 2.24) is 9.97 Å². The monoisotopic (exact) mass is 453 g/mol. The molecular formula is C28H27N3O3. The number of carbonyl (C=O) groups excluding carboxylic acids is 1. The lowest BCUT2D eigenvalue weighted by atomic mass is 9.51. The van der Waals surface area contributed by atoms with Crippen LogP contribution < -0.4 is 9.47 Å². The van der Waals surface area contributed by atoms with Crippen molar-refractivity contribution in [1.29, 1.82) is 5.26 Å². The van der Waals surface area contributed by atoms with Crippen LogP contribution in [-0.4, -0.2) is 30.0 Å². The Morgan fingerprint density at radius 3 is 2.47 bits per heavy atom. The predicted molar refractivity (Wildman–Crippen MR) is 127 cm³/mol. The zero-order chi connectivity index (χ0) is 23.9. The highest BCUT2D eigenvalue weighted by molar-refractivity contribution is 5.87. The Morgan fingerprint density at radius 2 is 1.76 bits per heavy atom. The van der Waals surface area contributed by atoms with Crippen molar-refractivity contribution in [3.05, 3.63) is 71.4 Å². The highest BCUT2D eigenvalue weighted by atomic mass is 16.5. The molecule has 0 radical (unpaired) electrons. The van der Waals surface area contributed by atoms with Crippen LogP contribution in [0.4, 0.5) is 0 Å². The molecule has 0 saturated heterocycles. The van der Waals surface area contributed by atoms with E-state index in [2.05, 4.69) is 18.2 Å². The maximum absolute atomic E-state index is 13.1. The Bertz CT molecular complexity index is 1280. The maximum Gasteiger partial charge on any atom is 0.220 e. The fourth-order valence-electron chi connectivity index (χ4n) is 6.07. The van der Waals surface area contributed by atoms with Crippen molar-refractivity contribution in [2.24, 2.45) is 17.8 Å². The summed E-state index contributed by atoms with van der Waals surface area (Å²) in [5, 5.41) is 9.94. The minimum atomic E-state index is -0.687. The number of nitrogens with zero attached hydrogens (tertiary/aromatic N) is 3. The zero-order valence-corrected chi connectivity index (χ0v) is 19.6. The molecule has 1 heterocycles. The first kappa shape index (κ1) is 22.1. The molecule has 0 amide bonds. The second-order valence-corrected chi connectivity index (χ2v) is 9.14. The van der Waals surface area contributed by atoms with Crippen molar-refractivity contribution in [2.45, 2.75) is 31.6 Å². The first-order valence-corrected chi connectivity index (χ1v) is 11.6. The van der Waals surface area contributed by atoms with Crippen LogP contribution in [0.15, 0.2) is 54.6 Å². The third-order valence-electron chi connectivity index (χ3n) is 7.64. The Kier molecular flexibility index (Phi) is 5.57. The normalized spacial score (nSPS) is 25.6. The van der Waals surface area contributed by atoms with Gasteiger partial charge >= 0.3 is 0 Å². The number of ether oxygens (including phenoxy) is 2. The van der Waals surface area contributed by atoms with E-state index >= 15 is 0 Å². The molecule has 2 aromatic carbocycles. The molecule has 1 fully saturated rings. The molecule has 0 spiro atoms. The van der Waals surface area contributed by atoms with Crippen molar-refractivity contribution in [3.63, 3.8) is 0 Å². The van der Waals surface area contributed by atoms with E-state index in [9.17, 15) is 10.1 Å². The first-order valence-electron chi connectivity index (χ1n) is 11.6. The van der Waals surface area contributed by atoms with Crippen LogP contribution in [0.2, 0.25) is 0 Å². The van der Waals surface area contributed by atoms with Crippen LogP contribution in [0, 0.1) is 29.1 Å². The number of benzene rings is 2. The van der Waals surface area contributed by atoms with Crippen molar-refractivity contribution < 1.29 is 14.3 Å². The summed E-state index contributed by atoms with van der Waals surface area (Å²) < 4.78 is 11.4. The Hall–Kier alpha value is -3.72. The lowest BCUT2D eigenvalue weighted by Gasteiger charge is -2.51. The topological polar surface area (TPSA) is 85.1 Å².